The summed E-state index contributed by atoms with van der Waals surface area (Å²) in [5.74, 6) is -1.84. The first-order chi connectivity index (χ1) is 14.9. The number of nitrogens with zero attached hydrogens (tertiary/aromatic N) is 1. The summed E-state index contributed by atoms with van der Waals surface area (Å²) >= 11 is 5.93. The van der Waals surface area contributed by atoms with Gasteiger partial charge in [-0.25, -0.2) is 4.39 Å². The van der Waals surface area contributed by atoms with Crippen LogP contribution in [0.2, 0.25) is 5.02 Å². The van der Waals surface area contributed by atoms with Gasteiger partial charge in [0, 0.05) is 16.3 Å². The predicted molar refractivity (Wildman–Crippen MR) is 116 cm³/mol. The zero-order chi connectivity index (χ0) is 22.1. The topological polar surface area (TPSA) is 66.8 Å². The Morgan fingerprint density at radius 2 is 1.58 bits per heavy atom. The van der Waals surface area contributed by atoms with Crippen LogP contribution >= 0.6 is 11.6 Å². The summed E-state index contributed by atoms with van der Waals surface area (Å²) in [6.45, 7) is 0. The van der Waals surface area contributed by atoms with E-state index < -0.39 is 23.5 Å². The number of carbonyl (C=O) groups excluding carboxylic acids is 2. The van der Waals surface area contributed by atoms with Gasteiger partial charge < -0.3 is 9.84 Å². The molecule has 0 bridgehead atoms. The summed E-state index contributed by atoms with van der Waals surface area (Å²) < 4.78 is 18.7. The molecule has 0 aromatic heterocycles. The van der Waals surface area contributed by atoms with E-state index in [-0.39, 0.29) is 11.3 Å². The van der Waals surface area contributed by atoms with Crippen LogP contribution in [-0.2, 0) is 9.59 Å². The summed E-state index contributed by atoms with van der Waals surface area (Å²) in [7, 11) is 1.53. The number of carbonyl (C=O) groups is 2. The normalized spacial score (nSPS) is 17.8. The third-order valence-corrected chi connectivity index (χ3v) is 5.35. The molecule has 0 aliphatic carbocycles. The number of hydrogen-bond acceptors (Lipinski definition) is 4. The van der Waals surface area contributed by atoms with Crippen molar-refractivity contribution >= 4 is 34.7 Å². The number of ketones is 1. The number of ether oxygens (including phenoxy) is 1. The van der Waals surface area contributed by atoms with Gasteiger partial charge in [-0.3, -0.25) is 14.5 Å². The van der Waals surface area contributed by atoms with Gasteiger partial charge in [-0.1, -0.05) is 23.7 Å². The molecule has 1 unspecified atom stereocenters. The van der Waals surface area contributed by atoms with Crippen LogP contribution in [0.5, 0.6) is 5.75 Å². The highest BCUT2D eigenvalue weighted by molar-refractivity contribution is 6.51. The van der Waals surface area contributed by atoms with Crippen molar-refractivity contribution in [2.45, 2.75) is 6.04 Å². The molecule has 7 heteroatoms. The van der Waals surface area contributed by atoms with Gasteiger partial charge in [0.25, 0.3) is 11.7 Å². The van der Waals surface area contributed by atoms with Crippen molar-refractivity contribution in [3.8, 4) is 5.75 Å². The summed E-state index contributed by atoms with van der Waals surface area (Å²) in [6, 6.07) is 17.4. The van der Waals surface area contributed by atoms with E-state index in [1.165, 1.54) is 36.3 Å². The molecule has 0 saturated carbocycles. The quantitative estimate of drug-likeness (QED) is 0.350. The minimum Gasteiger partial charge on any atom is -0.507 e. The molecule has 1 amide bonds. The van der Waals surface area contributed by atoms with E-state index in [2.05, 4.69) is 0 Å². The lowest BCUT2D eigenvalue weighted by molar-refractivity contribution is -0.132. The van der Waals surface area contributed by atoms with Crippen molar-refractivity contribution in [2.75, 3.05) is 12.0 Å². The fraction of sp³-hybridized carbons (Fsp3) is 0.0833. The Bertz CT molecular complexity index is 1170. The summed E-state index contributed by atoms with van der Waals surface area (Å²) in [5, 5.41) is 11.5. The first kappa shape index (κ1) is 20.6. The van der Waals surface area contributed by atoms with E-state index in [1.54, 1.807) is 48.5 Å². The molecule has 31 heavy (non-hydrogen) atoms. The molecule has 1 aliphatic heterocycles. The van der Waals surface area contributed by atoms with E-state index in [0.717, 1.165) is 0 Å². The minimum absolute atomic E-state index is 0.0678. The fourth-order valence-corrected chi connectivity index (χ4v) is 3.69. The largest absolute Gasteiger partial charge is 0.507 e. The second kappa shape index (κ2) is 8.24. The first-order valence-corrected chi connectivity index (χ1v) is 9.75. The number of anilines is 1. The summed E-state index contributed by atoms with van der Waals surface area (Å²) in [4.78, 5) is 27.3. The number of Topliss-reactive ketones (excluding diaryl/α,β-unsaturated/α-hetero) is 1. The van der Waals surface area contributed by atoms with Crippen molar-refractivity contribution in [1.29, 1.82) is 0 Å². The van der Waals surface area contributed by atoms with Crippen LogP contribution < -0.4 is 9.64 Å². The molecule has 0 radical (unpaired) electrons. The average Bonchev–Trinajstić information content (AvgIpc) is 3.05. The van der Waals surface area contributed by atoms with Crippen LogP contribution in [0.25, 0.3) is 5.76 Å². The van der Waals surface area contributed by atoms with Crippen molar-refractivity contribution in [2.24, 2.45) is 0 Å². The molecular weight excluding hydrogens is 421 g/mol. The molecule has 4 rings (SSSR count). The van der Waals surface area contributed by atoms with Gasteiger partial charge in [-0.2, -0.15) is 0 Å². The van der Waals surface area contributed by atoms with Crippen LogP contribution in [0, 0.1) is 5.82 Å². The Hall–Kier alpha value is -3.64. The molecule has 1 aliphatic rings. The second-order valence-electron chi connectivity index (χ2n) is 6.93. The number of hydrogen-bond donors (Lipinski definition) is 1. The number of methoxy groups -OCH3 is 1. The first-order valence-electron chi connectivity index (χ1n) is 9.37. The van der Waals surface area contributed by atoms with Gasteiger partial charge in [0.1, 0.15) is 17.3 Å². The van der Waals surface area contributed by atoms with Crippen molar-refractivity contribution in [1.82, 2.24) is 0 Å². The lowest BCUT2D eigenvalue weighted by Crippen LogP contribution is -2.29. The van der Waals surface area contributed by atoms with Gasteiger partial charge >= 0.3 is 0 Å². The number of aliphatic hydroxyl groups excluding tert-OH is 1. The Kier molecular flexibility index (Phi) is 5.48. The number of amides is 1. The molecule has 156 valence electrons. The number of rotatable bonds is 4. The third-order valence-electron chi connectivity index (χ3n) is 5.10. The number of halogens is 2. The fourth-order valence-electron chi connectivity index (χ4n) is 3.57. The predicted octanol–water partition coefficient (Wildman–Crippen LogP) is 5.11. The Morgan fingerprint density at radius 3 is 2.16 bits per heavy atom. The third kappa shape index (κ3) is 3.78. The molecular formula is C24H17ClFNO4. The van der Waals surface area contributed by atoms with E-state index in [4.69, 9.17) is 16.3 Å². The Labute approximate surface area is 182 Å². The highest BCUT2D eigenvalue weighted by atomic mass is 35.5. The molecule has 1 saturated heterocycles. The van der Waals surface area contributed by atoms with Crippen molar-refractivity contribution in [3.05, 3.63) is 100 Å². The zero-order valence-corrected chi connectivity index (χ0v) is 17.1. The monoisotopic (exact) mass is 437 g/mol. The van der Waals surface area contributed by atoms with Crippen LogP contribution in [0.15, 0.2) is 78.4 Å². The maximum Gasteiger partial charge on any atom is 0.300 e. The smallest absolute Gasteiger partial charge is 0.300 e. The molecule has 1 atom stereocenters. The SMILES string of the molecule is COc1ccc(C2/C(=C(\O)c3ccc(Cl)cc3)C(=O)C(=O)N2c2ccc(F)cc2)cc1. The van der Waals surface area contributed by atoms with E-state index in [0.29, 0.717) is 27.6 Å². The maximum atomic E-state index is 13.5. The van der Waals surface area contributed by atoms with E-state index in [9.17, 15) is 19.1 Å². The lowest BCUT2D eigenvalue weighted by Gasteiger charge is -2.25. The van der Waals surface area contributed by atoms with Crippen LogP contribution in [0.1, 0.15) is 17.2 Å². The molecule has 1 heterocycles. The molecule has 5 nitrogen and oxygen atoms in total. The van der Waals surface area contributed by atoms with Gasteiger partial charge in [-0.05, 0) is 66.2 Å². The van der Waals surface area contributed by atoms with Crippen LogP contribution in [0.3, 0.4) is 0 Å². The van der Waals surface area contributed by atoms with E-state index in [1.807, 2.05) is 0 Å². The van der Waals surface area contributed by atoms with Gasteiger partial charge in [0.05, 0.1) is 18.7 Å². The van der Waals surface area contributed by atoms with E-state index >= 15 is 0 Å². The lowest BCUT2D eigenvalue weighted by atomic mass is 9.95. The second-order valence-corrected chi connectivity index (χ2v) is 7.36. The summed E-state index contributed by atoms with van der Waals surface area (Å²) in [5.41, 5.74) is 1.20. The minimum atomic E-state index is -0.910. The number of benzene rings is 3. The van der Waals surface area contributed by atoms with Crippen LogP contribution in [0.4, 0.5) is 10.1 Å². The molecule has 1 fully saturated rings. The molecule has 3 aromatic carbocycles. The number of aliphatic hydroxyl groups is 1. The van der Waals surface area contributed by atoms with Crippen molar-refractivity contribution in [3.63, 3.8) is 0 Å². The standard InChI is InChI=1S/C24H17ClFNO4/c1-31-19-12-4-14(5-13-19)21-20(22(28)15-2-6-16(25)7-3-15)23(29)24(30)27(21)18-10-8-17(26)9-11-18/h2-13,21,28H,1H3/b22-20+. The summed E-state index contributed by atoms with van der Waals surface area (Å²) in [6.07, 6.45) is 0. The Balaban J connectivity index is 1.92. The Morgan fingerprint density at radius 1 is 0.968 bits per heavy atom. The maximum absolute atomic E-state index is 13.5. The average molecular weight is 438 g/mol. The van der Waals surface area contributed by atoms with Crippen LogP contribution in [-0.4, -0.2) is 23.9 Å². The van der Waals surface area contributed by atoms with Gasteiger partial charge in [0.15, 0.2) is 0 Å². The van der Waals surface area contributed by atoms with Gasteiger partial charge in [0.2, 0.25) is 0 Å². The highest BCUT2D eigenvalue weighted by Crippen LogP contribution is 2.42. The molecule has 0 spiro atoms. The highest BCUT2D eigenvalue weighted by Gasteiger charge is 2.46. The molecule has 1 N–H and O–H groups in total. The molecule has 3 aromatic rings. The van der Waals surface area contributed by atoms with Crippen molar-refractivity contribution < 1.29 is 23.8 Å². The van der Waals surface area contributed by atoms with Gasteiger partial charge in [-0.15, -0.1) is 0 Å². The zero-order valence-electron chi connectivity index (χ0n) is 16.4.